The van der Waals surface area contributed by atoms with Crippen LogP contribution in [0.25, 0.3) is 0 Å². The third-order valence-corrected chi connectivity index (χ3v) is 2.37. The zero-order chi connectivity index (χ0) is 10.7. The summed E-state index contributed by atoms with van der Waals surface area (Å²) in [5, 5.41) is 0. The minimum absolute atomic E-state index is 0.305. The van der Waals surface area contributed by atoms with E-state index in [4.69, 9.17) is 10.5 Å². The first-order valence-corrected chi connectivity index (χ1v) is 4.48. The smallest absolute Gasteiger partial charge is 0.338 e. The number of aryl methyl sites for hydroxylation is 1. The van der Waals surface area contributed by atoms with E-state index in [1.807, 2.05) is 19.9 Å². The van der Waals surface area contributed by atoms with Crippen molar-refractivity contribution in [3.05, 3.63) is 34.4 Å². The molecule has 0 aliphatic heterocycles. The summed E-state index contributed by atoms with van der Waals surface area (Å²) in [6, 6.07) is 3.77. The lowest BCUT2D eigenvalue weighted by atomic mass is 10.00. The summed E-state index contributed by atoms with van der Waals surface area (Å²) in [6.07, 6.45) is 0. The number of hydrogen-bond acceptors (Lipinski definition) is 3. The van der Waals surface area contributed by atoms with E-state index >= 15 is 0 Å². The molecule has 0 unspecified atom stereocenters. The van der Waals surface area contributed by atoms with Gasteiger partial charge in [-0.15, -0.1) is 0 Å². The first kappa shape index (κ1) is 10.7. The highest BCUT2D eigenvalue weighted by molar-refractivity contribution is 5.91. The Kier molecular flexibility index (Phi) is 3.25. The summed E-state index contributed by atoms with van der Waals surface area (Å²) < 4.78 is 4.69. The van der Waals surface area contributed by atoms with Crippen LogP contribution in [0, 0.1) is 13.8 Å². The molecule has 0 aliphatic rings. The average molecular weight is 193 g/mol. The third-order valence-electron chi connectivity index (χ3n) is 2.37. The molecule has 1 rings (SSSR count). The van der Waals surface area contributed by atoms with Gasteiger partial charge in [0.05, 0.1) is 12.7 Å². The Balaban J connectivity index is 3.27. The molecule has 2 N–H and O–H groups in total. The van der Waals surface area contributed by atoms with Crippen molar-refractivity contribution < 1.29 is 9.53 Å². The van der Waals surface area contributed by atoms with E-state index in [-0.39, 0.29) is 5.97 Å². The molecule has 0 aromatic heterocycles. The molecule has 0 radical (unpaired) electrons. The second kappa shape index (κ2) is 4.24. The fourth-order valence-electron chi connectivity index (χ4n) is 1.37. The summed E-state index contributed by atoms with van der Waals surface area (Å²) in [4.78, 5) is 11.4. The Labute approximate surface area is 83.9 Å². The van der Waals surface area contributed by atoms with Crippen LogP contribution in [0.1, 0.15) is 27.0 Å². The molecule has 0 amide bonds. The maximum absolute atomic E-state index is 11.4. The van der Waals surface area contributed by atoms with Gasteiger partial charge in [-0.3, -0.25) is 0 Å². The van der Waals surface area contributed by atoms with Crippen LogP contribution in [0.15, 0.2) is 12.1 Å². The Morgan fingerprint density at radius 1 is 1.43 bits per heavy atom. The molecule has 0 saturated heterocycles. The SMILES string of the molecule is COC(=O)c1cc(CN)cc(C)c1C. The molecule has 0 spiro atoms. The Hall–Kier alpha value is -1.35. The van der Waals surface area contributed by atoms with Gasteiger partial charge in [0.15, 0.2) is 0 Å². The molecule has 0 atom stereocenters. The summed E-state index contributed by atoms with van der Waals surface area (Å²) in [7, 11) is 1.38. The highest BCUT2D eigenvalue weighted by atomic mass is 16.5. The first-order valence-electron chi connectivity index (χ1n) is 4.48. The highest BCUT2D eigenvalue weighted by Gasteiger charge is 2.11. The largest absolute Gasteiger partial charge is 0.465 e. The van der Waals surface area contributed by atoms with Gasteiger partial charge in [-0.25, -0.2) is 4.79 Å². The normalized spacial score (nSPS) is 10.0. The molecule has 0 aliphatic carbocycles. The maximum atomic E-state index is 11.4. The van der Waals surface area contributed by atoms with Crippen molar-refractivity contribution in [2.24, 2.45) is 5.73 Å². The number of carbonyl (C=O) groups is 1. The summed E-state index contributed by atoms with van der Waals surface area (Å²) in [5.74, 6) is -0.305. The van der Waals surface area contributed by atoms with Crippen molar-refractivity contribution in [2.45, 2.75) is 20.4 Å². The van der Waals surface area contributed by atoms with Gasteiger partial charge in [0.1, 0.15) is 0 Å². The van der Waals surface area contributed by atoms with Gasteiger partial charge in [0.2, 0.25) is 0 Å². The second-order valence-electron chi connectivity index (χ2n) is 3.28. The van der Waals surface area contributed by atoms with Crippen molar-refractivity contribution >= 4 is 5.97 Å². The Morgan fingerprint density at radius 2 is 2.07 bits per heavy atom. The molecule has 3 nitrogen and oxygen atoms in total. The number of rotatable bonds is 2. The van der Waals surface area contributed by atoms with E-state index in [0.29, 0.717) is 12.1 Å². The molecule has 0 bridgehead atoms. The van der Waals surface area contributed by atoms with Crippen LogP contribution in [-0.2, 0) is 11.3 Å². The zero-order valence-electron chi connectivity index (χ0n) is 8.76. The number of carbonyl (C=O) groups excluding carboxylic acids is 1. The van der Waals surface area contributed by atoms with Gasteiger partial charge in [0.25, 0.3) is 0 Å². The van der Waals surface area contributed by atoms with Crippen molar-refractivity contribution in [2.75, 3.05) is 7.11 Å². The summed E-state index contributed by atoms with van der Waals surface area (Å²) >= 11 is 0. The number of ether oxygens (including phenoxy) is 1. The van der Waals surface area contributed by atoms with Crippen LogP contribution in [0.4, 0.5) is 0 Å². The lowest BCUT2D eigenvalue weighted by molar-refractivity contribution is 0.0599. The maximum Gasteiger partial charge on any atom is 0.338 e. The average Bonchev–Trinajstić information content (AvgIpc) is 2.20. The fraction of sp³-hybridized carbons (Fsp3) is 0.364. The molecule has 0 saturated carbocycles. The number of benzene rings is 1. The number of methoxy groups -OCH3 is 1. The first-order chi connectivity index (χ1) is 6.60. The van der Waals surface area contributed by atoms with Gasteiger partial charge in [-0.05, 0) is 36.6 Å². The molecule has 14 heavy (non-hydrogen) atoms. The van der Waals surface area contributed by atoms with Crippen LogP contribution in [0.5, 0.6) is 0 Å². The molecular formula is C11H15NO2. The molecule has 1 aromatic rings. The van der Waals surface area contributed by atoms with Gasteiger partial charge in [-0.1, -0.05) is 6.07 Å². The van der Waals surface area contributed by atoms with E-state index < -0.39 is 0 Å². The highest BCUT2D eigenvalue weighted by Crippen LogP contribution is 2.16. The van der Waals surface area contributed by atoms with Crippen molar-refractivity contribution in [3.63, 3.8) is 0 Å². The van der Waals surface area contributed by atoms with E-state index in [9.17, 15) is 4.79 Å². The minimum Gasteiger partial charge on any atom is -0.465 e. The van der Waals surface area contributed by atoms with E-state index in [2.05, 4.69) is 0 Å². The Morgan fingerprint density at radius 3 is 2.57 bits per heavy atom. The number of esters is 1. The van der Waals surface area contributed by atoms with Gasteiger partial charge in [-0.2, -0.15) is 0 Å². The molecule has 1 aromatic carbocycles. The van der Waals surface area contributed by atoms with Crippen molar-refractivity contribution in [3.8, 4) is 0 Å². The molecule has 76 valence electrons. The van der Waals surface area contributed by atoms with Crippen LogP contribution in [0.2, 0.25) is 0 Å². The van der Waals surface area contributed by atoms with Crippen LogP contribution in [0.3, 0.4) is 0 Å². The quantitative estimate of drug-likeness (QED) is 0.725. The number of hydrogen-bond donors (Lipinski definition) is 1. The number of nitrogens with two attached hydrogens (primary N) is 1. The minimum atomic E-state index is -0.305. The lowest BCUT2D eigenvalue weighted by Crippen LogP contribution is -2.07. The van der Waals surface area contributed by atoms with Crippen LogP contribution >= 0.6 is 0 Å². The van der Waals surface area contributed by atoms with Gasteiger partial charge >= 0.3 is 5.97 Å². The van der Waals surface area contributed by atoms with Crippen LogP contribution in [-0.4, -0.2) is 13.1 Å². The Bertz CT molecular complexity index is 359. The van der Waals surface area contributed by atoms with Gasteiger partial charge < -0.3 is 10.5 Å². The monoisotopic (exact) mass is 193 g/mol. The predicted octanol–water partition coefficient (Wildman–Crippen LogP) is 1.55. The molecular weight excluding hydrogens is 178 g/mol. The van der Waals surface area contributed by atoms with Crippen molar-refractivity contribution in [1.29, 1.82) is 0 Å². The molecule has 3 heteroatoms. The topological polar surface area (TPSA) is 52.3 Å². The van der Waals surface area contributed by atoms with E-state index in [0.717, 1.165) is 16.7 Å². The standard InChI is InChI=1S/C11H15NO2/c1-7-4-9(6-12)5-10(8(7)2)11(13)14-3/h4-5H,6,12H2,1-3H3. The summed E-state index contributed by atoms with van der Waals surface area (Å²) in [5.41, 5.74) is 9.10. The molecule has 0 heterocycles. The van der Waals surface area contributed by atoms with Crippen LogP contribution < -0.4 is 5.73 Å². The van der Waals surface area contributed by atoms with Crippen molar-refractivity contribution in [1.82, 2.24) is 0 Å². The third kappa shape index (κ3) is 1.93. The lowest BCUT2D eigenvalue weighted by Gasteiger charge is -2.09. The second-order valence-corrected chi connectivity index (χ2v) is 3.28. The predicted molar refractivity (Wildman–Crippen MR) is 55.1 cm³/mol. The fourth-order valence-corrected chi connectivity index (χ4v) is 1.37. The molecule has 0 fully saturated rings. The van der Waals surface area contributed by atoms with E-state index in [1.165, 1.54) is 7.11 Å². The van der Waals surface area contributed by atoms with Gasteiger partial charge in [0, 0.05) is 6.54 Å². The van der Waals surface area contributed by atoms with E-state index in [1.54, 1.807) is 6.07 Å². The zero-order valence-corrected chi connectivity index (χ0v) is 8.76. The summed E-state index contributed by atoms with van der Waals surface area (Å²) in [6.45, 7) is 4.30.